The fourth-order valence-electron chi connectivity index (χ4n) is 8.56. The molecule has 3 unspecified atom stereocenters. The molecule has 0 spiro atoms. The van der Waals surface area contributed by atoms with Gasteiger partial charge in [0.2, 0.25) is 0 Å². The van der Waals surface area contributed by atoms with E-state index in [1.54, 1.807) is 5.57 Å². The summed E-state index contributed by atoms with van der Waals surface area (Å²) in [5, 5.41) is 20.9. The number of allylic oxidation sites excluding steroid dienone is 1. The van der Waals surface area contributed by atoms with Crippen molar-refractivity contribution in [2.75, 3.05) is 0 Å². The first-order valence-corrected chi connectivity index (χ1v) is 12.5. The van der Waals surface area contributed by atoms with Crippen LogP contribution in [0.2, 0.25) is 0 Å². The molecule has 0 aromatic rings. The Balaban J connectivity index is 1.53. The van der Waals surface area contributed by atoms with Gasteiger partial charge in [0.25, 0.3) is 0 Å². The van der Waals surface area contributed by atoms with Crippen molar-refractivity contribution < 1.29 is 10.2 Å². The Hall–Kier alpha value is -0.340. The van der Waals surface area contributed by atoms with Crippen molar-refractivity contribution in [3.63, 3.8) is 0 Å². The Kier molecular flexibility index (Phi) is 5.35. The van der Waals surface area contributed by atoms with E-state index in [0.29, 0.717) is 16.7 Å². The van der Waals surface area contributed by atoms with Crippen molar-refractivity contribution in [2.45, 2.75) is 117 Å². The Bertz CT molecular complexity index is 656. The molecule has 2 nitrogen and oxygen atoms in total. The second kappa shape index (κ2) is 7.09. The average Bonchev–Trinajstić information content (AvgIpc) is 2.97. The van der Waals surface area contributed by atoms with E-state index in [1.807, 2.05) is 20.8 Å². The third-order valence-electron chi connectivity index (χ3n) is 10.4. The van der Waals surface area contributed by atoms with Crippen LogP contribution in [-0.2, 0) is 0 Å². The van der Waals surface area contributed by atoms with Crippen LogP contribution in [0, 0.1) is 40.4 Å². The van der Waals surface area contributed by atoms with Gasteiger partial charge in [-0.05, 0) is 125 Å². The van der Waals surface area contributed by atoms with Crippen molar-refractivity contribution in [1.82, 2.24) is 0 Å². The van der Waals surface area contributed by atoms with E-state index in [-0.39, 0.29) is 0 Å². The van der Waals surface area contributed by atoms with Crippen LogP contribution in [0.4, 0.5) is 0 Å². The summed E-state index contributed by atoms with van der Waals surface area (Å²) in [4.78, 5) is 0. The van der Waals surface area contributed by atoms with Gasteiger partial charge >= 0.3 is 0 Å². The molecule has 0 aromatic heterocycles. The zero-order chi connectivity index (χ0) is 21.2. The molecule has 2 N–H and O–H groups in total. The largest absolute Gasteiger partial charge is 0.390 e. The highest BCUT2D eigenvalue weighted by Crippen LogP contribution is 2.67. The average molecular weight is 403 g/mol. The first kappa shape index (κ1) is 21.9. The van der Waals surface area contributed by atoms with Crippen LogP contribution in [0.25, 0.3) is 0 Å². The zero-order valence-corrected chi connectivity index (χ0v) is 19.9. The quantitative estimate of drug-likeness (QED) is 0.527. The summed E-state index contributed by atoms with van der Waals surface area (Å²) in [6, 6.07) is 0. The fraction of sp³-hybridized carbons (Fsp3) is 0.926. The Labute approximate surface area is 179 Å². The van der Waals surface area contributed by atoms with E-state index in [0.717, 1.165) is 49.4 Å². The van der Waals surface area contributed by atoms with E-state index in [1.165, 1.54) is 38.5 Å². The molecule has 0 aromatic carbocycles. The second-order valence-electron chi connectivity index (χ2n) is 13.0. The minimum atomic E-state index is -0.536. The number of hydrogen-bond acceptors (Lipinski definition) is 2. The molecule has 2 heteroatoms. The van der Waals surface area contributed by atoms with Crippen molar-refractivity contribution in [3.8, 4) is 0 Å². The third kappa shape index (κ3) is 3.75. The second-order valence-corrected chi connectivity index (χ2v) is 13.0. The van der Waals surface area contributed by atoms with Gasteiger partial charge in [-0.25, -0.2) is 0 Å². The van der Waals surface area contributed by atoms with Gasteiger partial charge in [-0.2, -0.15) is 0 Å². The highest BCUT2D eigenvalue weighted by atomic mass is 16.3. The van der Waals surface area contributed by atoms with Crippen molar-refractivity contribution in [3.05, 3.63) is 11.6 Å². The number of hydrogen-bond donors (Lipinski definition) is 2. The van der Waals surface area contributed by atoms with Crippen molar-refractivity contribution >= 4 is 0 Å². The lowest BCUT2D eigenvalue weighted by Gasteiger charge is -2.59. The summed E-state index contributed by atoms with van der Waals surface area (Å²) in [6.07, 6.45) is 14.5. The summed E-state index contributed by atoms with van der Waals surface area (Å²) in [5.74, 6) is 4.07. The van der Waals surface area contributed by atoms with Crippen LogP contribution in [0.15, 0.2) is 11.6 Å². The van der Waals surface area contributed by atoms with Crippen LogP contribution >= 0.6 is 0 Å². The molecule has 0 saturated heterocycles. The summed E-state index contributed by atoms with van der Waals surface area (Å²) >= 11 is 0. The minimum absolute atomic E-state index is 0.330. The number of fused-ring (bicyclic) bond motifs is 5. The molecule has 0 aliphatic heterocycles. The van der Waals surface area contributed by atoms with Crippen LogP contribution in [-0.4, -0.2) is 21.4 Å². The van der Waals surface area contributed by atoms with E-state index in [9.17, 15) is 10.2 Å². The van der Waals surface area contributed by atoms with E-state index in [4.69, 9.17) is 0 Å². The summed E-state index contributed by atoms with van der Waals surface area (Å²) in [6.45, 7) is 13.6. The molecule has 0 radical (unpaired) electrons. The van der Waals surface area contributed by atoms with Gasteiger partial charge in [0, 0.05) is 0 Å². The van der Waals surface area contributed by atoms with Crippen LogP contribution < -0.4 is 0 Å². The SMILES string of the molecule is C[C@H](CCC(C)(C)O)[C@H]1CCC2C3CC=C4C[C@@](C)(O)CC[C@]4(C)C3CC[C@@]21C. The molecular formula is C27H46O2. The minimum Gasteiger partial charge on any atom is -0.390 e. The molecule has 0 bridgehead atoms. The van der Waals surface area contributed by atoms with Crippen molar-refractivity contribution in [1.29, 1.82) is 0 Å². The fourth-order valence-corrected chi connectivity index (χ4v) is 8.56. The molecule has 8 atom stereocenters. The van der Waals surface area contributed by atoms with E-state index in [2.05, 4.69) is 26.8 Å². The van der Waals surface area contributed by atoms with Crippen LogP contribution in [0.5, 0.6) is 0 Å². The lowest BCUT2D eigenvalue weighted by molar-refractivity contribution is -0.0713. The van der Waals surface area contributed by atoms with Gasteiger partial charge in [-0.1, -0.05) is 32.4 Å². The van der Waals surface area contributed by atoms with Gasteiger partial charge in [0.15, 0.2) is 0 Å². The van der Waals surface area contributed by atoms with Gasteiger partial charge in [-0.15, -0.1) is 0 Å². The molecular weight excluding hydrogens is 356 g/mol. The molecule has 4 rings (SSSR count). The zero-order valence-electron chi connectivity index (χ0n) is 19.9. The highest BCUT2D eigenvalue weighted by Gasteiger charge is 2.59. The van der Waals surface area contributed by atoms with Crippen molar-refractivity contribution in [2.24, 2.45) is 40.4 Å². The monoisotopic (exact) mass is 402 g/mol. The topological polar surface area (TPSA) is 40.5 Å². The standard InChI is InChI=1S/C27H46O2/c1-18(11-13-24(2,3)28)21-9-10-22-20-8-7-19-17-25(4,29)15-16-26(19,5)23(20)12-14-27(21,22)6/h7,18,20-23,28-29H,8-17H2,1-6H3/t18-,20?,21-,22?,23?,25+,26+,27-/m1/s1. The summed E-state index contributed by atoms with van der Waals surface area (Å²) in [5.41, 5.74) is 1.37. The number of rotatable bonds is 4. The van der Waals surface area contributed by atoms with Gasteiger partial charge in [0.1, 0.15) is 0 Å². The van der Waals surface area contributed by atoms with Gasteiger partial charge < -0.3 is 10.2 Å². The predicted molar refractivity (Wildman–Crippen MR) is 121 cm³/mol. The predicted octanol–water partition coefficient (Wildman–Crippen LogP) is 6.50. The molecule has 0 amide bonds. The lowest BCUT2D eigenvalue weighted by atomic mass is 9.46. The molecule has 3 fully saturated rings. The molecule has 4 aliphatic rings. The van der Waals surface area contributed by atoms with Crippen LogP contribution in [0.1, 0.15) is 106 Å². The van der Waals surface area contributed by atoms with Gasteiger partial charge in [0.05, 0.1) is 11.2 Å². The van der Waals surface area contributed by atoms with E-state index < -0.39 is 11.2 Å². The summed E-state index contributed by atoms with van der Waals surface area (Å²) < 4.78 is 0. The normalized spacial score (nSPS) is 48.3. The molecule has 3 saturated carbocycles. The van der Waals surface area contributed by atoms with E-state index >= 15 is 0 Å². The molecule has 4 aliphatic carbocycles. The molecule has 29 heavy (non-hydrogen) atoms. The molecule has 166 valence electrons. The molecule has 0 heterocycles. The maximum absolute atomic E-state index is 10.7. The smallest absolute Gasteiger partial charge is 0.0657 e. The highest BCUT2D eigenvalue weighted by molar-refractivity contribution is 5.26. The first-order valence-electron chi connectivity index (χ1n) is 12.5. The van der Waals surface area contributed by atoms with Crippen LogP contribution in [0.3, 0.4) is 0 Å². The summed E-state index contributed by atoms with van der Waals surface area (Å²) in [7, 11) is 0. The third-order valence-corrected chi connectivity index (χ3v) is 10.4. The Morgan fingerprint density at radius 3 is 2.48 bits per heavy atom. The Morgan fingerprint density at radius 1 is 1.07 bits per heavy atom. The maximum Gasteiger partial charge on any atom is 0.0657 e. The van der Waals surface area contributed by atoms with Gasteiger partial charge in [-0.3, -0.25) is 0 Å². The Morgan fingerprint density at radius 2 is 1.79 bits per heavy atom. The first-order chi connectivity index (χ1) is 13.4. The lowest BCUT2D eigenvalue weighted by Crippen LogP contribution is -2.52. The maximum atomic E-state index is 10.7. The number of aliphatic hydroxyl groups is 2.